The van der Waals surface area contributed by atoms with Crippen molar-refractivity contribution in [3.8, 4) is 5.75 Å². The zero-order chi connectivity index (χ0) is 13.8. The first-order chi connectivity index (χ1) is 9.06. The number of phenolic OH excluding ortho intramolecular Hbond substituents is 1. The van der Waals surface area contributed by atoms with E-state index in [1.54, 1.807) is 17.1 Å². The minimum absolute atomic E-state index is 0.0507. The number of nitrogens with two attached hydrogens (primary N) is 1. The monoisotopic (exact) mass is 280 g/mol. The first kappa shape index (κ1) is 13.2. The lowest BCUT2D eigenvalue weighted by Crippen LogP contribution is -2.27. The van der Waals surface area contributed by atoms with Crippen LogP contribution in [0.25, 0.3) is 0 Å². The highest BCUT2D eigenvalue weighted by Gasteiger charge is 2.07. The van der Waals surface area contributed by atoms with E-state index in [0.29, 0.717) is 24.3 Å². The molecule has 1 heterocycles. The summed E-state index contributed by atoms with van der Waals surface area (Å²) >= 11 is 5.73. The summed E-state index contributed by atoms with van der Waals surface area (Å²) in [7, 11) is 0. The summed E-state index contributed by atoms with van der Waals surface area (Å²) in [5.74, 6) is -0.313. The number of nitrogens with one attached hydrogen (secondary N) is 1. The van der Waals surface area contributed by atoms with Crippen LogP contribution in [-0.2, 0) is 6.54 Å². The minimum Gasteiger partial charge on any atom is -0.506 e. The van der Waals surface area contributed by atoms with Crippen molar-refractivity contribution in [2.24, 2.45) is 0 Å². The third-order valence-electron chi connectivity index (χ3n) is 2.49. The lowest BCUT2D eigenvalue weighted by Gasteiger charge is -2.06. The highest BCUT2D eigenvalue weighted by Crippen LogP contribution is 2.23. The van der Waals surface area contributed by atoms with Crippen molar-refractivity contribution in [1.82, 2.24) is 15.1 Å². The Hall–Kier alpha value is -2.21. The van der Waals surface area contributed by atoms with E-state index >= 15 is 0 Å². The van der Waals surface area contributed by atoms with Crippen LogP contribution in [0, 0.1) is 0 Å². The molecule has 0 bridgehead atoms. The Kier molecular flexibility index (Phi) is 3.91. The van der Waals surface area contributed by atoms with Gasteiger partial charge in [-0.3, -0.25) is 9.48 Å². The molecule has 2 rings (SSSR count). The van der Waals surface area contributed by atoms with E-state index in [-0.39, 0.29) is 16.7 Å². The molecule has 0 aliphatic carbocycles. The predicted octanol–water partition coefficient (Wildman–Crippen LogP) is 1.25. The van der Waals surface area contributed by atoms with E-state index in [1.807, 2.05) is 0 Å². The third kappa shape index (κ3) is 3.38. The maximum atomic E-state index is 11.8. The summed E-state index contributed by atoms with van der Waals surface area (Å²) in [4.78, 5) is 11.8. The van der Waals surface area contributed by atoms with Gasteiger partial charge in [-0.15, -0.1) is 0 Å². The summed E-state index contributed by atoms with van der Waals surface area (Å²) in [5.41, 5.74) is 6.49. The number of phenols is 1. The van der Waals surface area contributed by atoms with Crippen molar-refractivity contribution >= 4 is 23.2 Å². The van der Waals surface area contributed by atoms with Crippen molar-refractivity contribution < 1.29 is 9.90 Å². The second-order valence-corrected chi connectivity index (χ2v) is 4.37. The van der Waals surface area contributed by atoms with Gasteiger partial charge in [0, 0.05) is 18.3 Å². The van der Waals surface area contributed by atoms with Crippen molar-refractivity contribution in [3.63, 3.8) is 0 Å². The third-order valence-corrected chi connectivity index (χ3v) is 2.79. The number of carbonyl (C=O) groups is 1. The smallest absolute Gasteiger partial charge is 0.251 e. The van der Waals surface area contributed by atoms with Gasteiger partial charge in [0.05, 0.1) is 23.5 Å². The van der Waals surface area contributed by atoms with Crippen LogP contribution in [0.3, 0.4) is 0 Å². The van der Waals surface area contributed by atoms with Crippen LogP contribution in [-0.4, -0.2) is 27.3 Å². The number of rotatable bonds is 4. The Bertz CT molecular complexity index is 597. The first-order valence-corrected chi connectivity index (χ1v) is 5.98. The first-order valence-electron chi connectivity index (χ1n) is 5.61. The Morgan fingerprint density at radius 1 is 1.53 bits per heavy atom. The number of benzene rings is 1. The number of aromatic hydroxyl groups is 1. The number of aromatic nitrogens is 2. The number of carbonyl (C=O) groups excluding carboxylic acids is 1. The number of halogens is 1. The number of hydrogen-bond acceptors (Lipinski definition) is 4. The molecule has 0 unspecified atom stereocenters. The zero-order valence-corrected chi connectivity index (χ0v) is 10.8. The number of nitrogens with zero attached hydrogens (tertiary/aromatic N) is 2. The summed E-state index contributed by atoms with van der Waals surface area (Å²) in [6.07, 6.45) is 3.23. The molecule has 1 amide bonds. The van der Waals surface area contributed by atoms with Gasteiger partial charge in [-0.2, -0.15) is 5.10 Å². The van der Waals surface area contributed by atoms with Gasteiger partial charge in [0.25, 0.3) is 5.91 Å². The van der Waals surface area contributed by atoms with Gasteiger partial charge in [-0.1, -0.05) is 11.6 Å². The van der Waals surface area contributed by atoms with Crippen LogP contribution >= 0.6 is 11.6 Å². The van der Waals surface area contributed by atoms with Crippen LogP contribution in [0.5, 0.6) is 5.75 Å². The molecule has 0 atom stereocenters. The Morgan fingerprint density at radius 3 is 2.95 bits per heavy atom. The van der Waals surface area contributed by atoms with Gasteiger partial charge >= 0.3 is 0 Å². The average molecular weight is 281 g/mol. The van der Waals surface area contributed by atoms with Crippen LogP contribution in [0.2, 0.25) is 5.02 Å². The fraction of sp³-hybridized carbons (Fsp3) is 0.167. The normalized spacial score (nSPS) is 10.4. The fourth-order valence-electron chi connectivity index (χ4n) is 1.54. The molecule has 0 fully saturated rings. The van der Waals surface area contributed by atoms with Crippen molar-refractivity contribution in [2.45, 2.75) is 6.54 Å². The maximum absolute atomic E-state index is 11.8. The zero-order valence-electron chi connectivity index (χ0n) is 10.0. The molecule has 0 saturated heterocycles. The van der Waals surface area contributed by atoms with E-state index in [0.717, 1.165) is 0 Å². The van der Waals surface area contributed by atoms with E-state index < -0.39 is 0 Å². The Balaban J connectivity index is 1.89. The standard InChI is InChI=1S/C12H13ClN4O2/c13-10-5-8(1-2-11(10)18)12(19)15-3-4-17-7-9(14)6-16-17/h1-2,5-7,18H,3-4,14H2,(H,15,19). The van der Waals surface area contributed by atoms with Gasteiger partial charge in [0.2, 0.25) is 0 Å². The van der Waals surface area contributed by atoms with E-state index in [9.17, 15) is 9.90 Å². The predicted molar refractivity (Wildman–Crippen MR) is 72.1 cm³/mol. The summed E-state index contributed by atoms with van der Waals surface area (Å²) in [6.45, 7) is 0.938. The molecule has 0 aliphatic heterocycles. The van der Waals surface area contributed by atoms with Crippen LogP contribution in [0.15, 0.2) is 30.6 Å². The number of amides is 1. The number of anilines is 1. The van der Waals surface area contributed by atoms with Gasteiger partial charge in [-0.05, 0) is 18.2 Å². The highest BCUT2D eigenvalue weighted by molar-refractivity contribution is 6.32. The minimum atomic E-state index is -0.262. The molecular weight excluding hydrogens is 268 g/mol. The van der Waals surface area contributed by atoms with Crippen LogP contribution in [0.1, 0.15) is 10.4 Å². The molecular formula is C12H13ClN4O2. The second kappa shape index (κ2) is 5.62. The molecule has 1 aromatic carbocycles. The largest absolute Gasteiger partial charge is 0.506 e. The van der Waals surface area contributed by atoms with Gasteiger partial charge in [0.15, 0.2) is 0 Å². The number of hydrogen-bond donors (Lipinski definition) is 3. The number of nitrogen functional groups attached to an aromatic ring is 1. The lowest BCUT2D eigenvalue weighted by atomic mass is 10.2. The summed E-state index contributed by atoms with van der Waals surface area (Å²) < 4.78 is 1.64. The van der Waals surface area contributed by atoms with Crippen LogP contribution < -0.4 is 11.1 Å². The highest BCUT2D eigenvalue weighted by atomic mass is 35.5. The van der Waals surface area contributed by atoms with Crippen molar-refractivity contribution in [1.29, 1.82) is 0 Å². The van der Waals surface area contributed by atoms with Crippen molar-refractivity contribution in [3.05, 3.63) is 41.2 Å². The fourth-order valence-corrected chi connectivity index (χ4v) is 1.72. The molecule has 1 aromatic heterocycles. The van der Waals surface area contributed by atoms with Gasteiger partial charge in [0.1, 0.15) is 5.75 Å². The molecule has 0 radical (unpaired) electrons. The average Bonchev–Trinajstić information content (AvgIpc) is 2.78. The van der Waals surface area contributed by atoms with E-state index in [2.05, 4.69) is 10.4 Å². The van der Waals surface area contributed by atoms with Gasteiger partial charge in [-0.25, -0.2) is 0 Å². The molecule has 2 aromatic rings. The quantitative estimate of drug-likeness (QED) is 0.786. The molecule has 0 saturated carbocycles. The van der Waals surface area contributed by atoms with Crippen molar-refractivity contribution in [2.75, 3.05) is 12.3 Å². The van der Waals surface area contributed by atoms with E-state index in [4.69, 9.17) is 17.3 Å². The topological polar surface area (TPSA) is 93.2 Å². The van der Waals surface area contributed by atoms with E-state index in [1.165, 1.54) is 18.2 Å². The lowest BCUT2D eigenvalue weighted by molar-refractivity contribution is 0.0952. The Morgan fingerprint density at radius 2 is 2.32 bits per heavy atom. The molecule has 19 heavy (non-hydrogen) atoms. The molecule has 100 valence electrons. The van der Waals surface area contributed by atoms with Crippen LogP contribution in [0.4, 0.5) is 5.69 Å². The Labute approximate surface area is 114 Å². The molecule has 4 N–H and O–H groups in total. The maximum Gasteiger partial charge on any atom is 0.251 e. The SMILES string of the molecule is Nc1cnn(CCNC(=O)c2ccc(O)c(Cl)c2)c1. The second-order valence-electron chi connectivity index (χ2n) is 3.96. The molecule has 0 aliphatic rings. The molecule has 0 spiro atoms. The summed E-state index contributed by atoms with van der Waals surface area (Å²) in [6, 6.07) is 4.30. The molecule has 6 nitrogen and oxygen atoms in total. The summed E-state index contributed by atoms with van der Waals surface area (Å²) in [5, 5.41) is 16.1. The molecule has 7 heteroatoms. The van der Waals surface area contributed by atoms with Gasteiger partial charge < -0.3 is 16.2 Å².